The molecule has 0 aliphatic rings. The van der Waals surface area contributed by atoms with E-state index in [4.69, 9.17) is 4.18 Å². The van der Waals surface area contributed by atoms with E-state index >= 15 is 0 Å². The highest BCUT2D eigenvalue weighted by molar-refractivity contribution is 7.86. The summed E-state index contributed by atoms with van der Waals surface area (Å²) in [7, 11) is -3.82. The lowest BCUT2D eigenvalue weighted by Gasteiger charge is -2.09. The Morgan fingerprint density at radius 1 is 0.821 bits per heavy atom. The number of benzene rings is 3. The fourth-order valence-corrected chi connectivity index (χ4v) is 3.31. The molecule has 0 atom stereocenters. The minimum Gasteiger partial charge on any atom is -0.308 e. The molecule has 2 amide bonds. The van der Waals surface area contributed by atoms with Crippen LogP contribution in [0.5, 0.6) is 0 Å². The smallest absolute Gasteiger partial charge is 0.308 e. The second kappa shape index (κ2) is 8.69. The summed E-state index contributed by atoms with van der Waals surface area (Å²) < 4.78 is 29.5. The van der Waals surface area contributed by atoms with Crippen molar-refractivity contribution < 1.29 is 17.4 Å². The number of aryl methyl sites for hydroxylation is 1. The first-order chi connectivity index (χ1) is 13.4. The first kappa shape index (κ1) is 19.6. The van der Waals surface area contributed by atoms with Gasteiger partial charge >= 0.3 is 6.03 Å². The number of carbonyl (C=O) groups excluding carboxylic acids is 1. The predicted octanol–water partition coefficient (Wildman–Crippen LogP) is 4.54. The molecule has 6 nitrogen and oxygen atoms in total. The van der Waals surface area contributed by atoms with Gasteiger partial charge in [-0.15, -0.1) is 0 Å². The predicted molar refractivity (Wildman–Crippen MR) is 109 cm³/mol. The second-order valence-corrected chi connectivity index (χ2v) is 7.79. The summed E-state index contributed by atoms with van der Waals surface area (Å²) in [4.78, 5) is 12.1. The third-order valence-corrected chi connectivity index (χ3v) is 5.21. The molecule has 0 fully saturated rings. The Kier molecular flexibility index (Phi) is 6.08. The number of carbonyl (C=O) groups is 1. The lowest BCUT2D eigenvalue weighted by molar-refractivity contribution is 0.262. The van der Waals surface area contributed by atoms with Gasteiger partial charge in [0, 0.05) is 11.4 Å². The van der Waals surface area contributed by atoms with Crippen LogP contribution in [-0.2, 0) is 20.9 Å². The van der Waals surface area contributed by atoms with Crippen molar-refractivity contribution in [3.63, 3.8) is 0 Å². The van der Waals surface area contributed by atoms with Gasteiger partial charge < -0.3 is 10.6 Å². The SMILES string of the molecule is Cc1ccc(S(=O)(=O)OCc2ccc(NC(=O)Nc3ccccc3)cc2)cc1. The summed E-state index contributed by atoms with van der Waals surface area (Å²) in [6.45, 7) is 1.79. The fourth-order valence-electron chi connectivity index (χ4n) is 2.42. The standard InChI is InChI=1S/C21H20N2O4S/c1-16-7-13-20(14-8-16)28(25,26)27-15-17-9-11-19(12-10-17)23-21(24)22-18-5-3-2-4-6-18/h2-14H,15H2,1H3,(H2,22,23,24). The van der Waals surface area contributed by atoms with E-state index in [1.54, 1.807) is 48.5 Å². The van der Waals surface area contributed by atoms with Gasteiger partial charge in [0.05, 0.1) is 11.5 Å². The number of rotatable bonds is 6. The number of urea groups is 1. The molecule has 0 unspecified atom stereocenters. The molecule has 0 heterocycles. The van der Waals surface area contributed by atoms with E-state index in [-0.39, 0.29) is 17.5 Å². The van der Waals surface area contributed by atoms with Crippen LogP contribution < -0.4 is 10.6 Å². The van der Waals surface area contributed by atoms with Gasteiger partial charge in [-0.1, -0.05) is 48.0 Å². The quantitative estimate of drug-likeness (QED) is 0.599. The zero-order valence-electron chi connectivity index (χ0n) is 15.3. The molecule has 0 saturated heterocycles. The molecule has 3 aromatic carbocycles. The summed E-state index contributed by atoms with van der Waals surface area (Å²) in [6.07, 6.45) is 0. The van der Waals surface area contributed by atoms with Gasteiger partial charge in [-0.05, 0) is 48.9 Å². The summed E-state index contributed by atoms with van der Waals surface area (Å²) in [5.74, 6) is 0. The van der Waals surface area contributed by atoms with Crippen LogP contribution >= 0.6 is 0 Å². The summed E-state index contributed by atoms with van der Waals surface area (Å²) in [5.41, 5.74) is 2.91. The molecule has 7 heteroatoms. The van der Waals surface area contributed by atoms with E-state index < -0.39 is 10.1 Å². The Labute approximate surface area is 164 Å². The molecule has 0 saturated carbocycles. The van der Waals surface area contributed by atoms with Crippen molar-refractivity contribution in [1.29, 1.82) is 0 Å². The number of hydrogen-bond donors (Lipinski definition) is 2. The van der Waals surface area contributed by atoms with E-state index in [1.807, 2.05) is 25.1 Å². The maximum absolute atomic E-state index is 12.2. The number of para-hydroxylation sites is 1. The Hall–Kier alpha value is -3.16. The normalized spacial score (nSPS) is 11.0. The highest BCUT2D eigenvalue weighted by Crippen LogP contribution is 2.17. The topological polar surface area (TPSA) is 84.5 Å². The number of anilines is 2. The first-order valence-corrected chi connectivity index (χ1v) is 10.0. The molecule has 0 spiro atoms. The molecule has 2 N–H and O–H groups in total. The lowest BCUT2D eigenvalue weighted by atomic mass is 10.2. The van der Waals surface area contributed by atoms with Crippen LogP contribution in [-0.4, -0.2) is 14.4 Å². The monoisotopic (exact) mass is 396 g/mol. The molecule has 3 rings (SSSR count). The van der Waals surface area contributed by atoms with Crippen LogP contribution in [0.2, 0.25) is 0 Å². The molecule has 0 aliphatic carbocycles. The zero-order valence-corrected chi connectivity index (χ0v) is 16.1. The zero-order chi connectivity index (χ0) is 20.0. The molecular weight excluding hydrogens is 376 g/mol. The lowest BCUT2D eigenvalue weighted by Crippen LogP contribution is -2.19. The van der Waals surface area contributed by atoms with Crippen molar-refractivity contribution in [2.24, 2.45) is 0 Å². The van der Waals surface area contributed by atoms with Gasteiger partial charge in [-0.25, -0.2) is 4.79 Å². The Morgan fingerprint density at radius 3 is 2.00 bits per heavy atom. The van der Waals surface area contributed by atoms with Crippen LogP contribution in [0.25, 0.3) is 0 Å². The summed E-state index contributed by atoms with van der Waals surface area (Å²) in [5, 5.41) is 5.43. The van der Waals surface area contributed by atoms with Crippen LogP contribution in [0.1, 0.15) is 11.1 Å². The highest BCUT2D eigenvalue weighted by atomic mass is 32.2. The minimum absolute atomic E-state index is 0.0906. The Balaban J connectivity index is 1.55. The molecule has 28 heavy (non-hydrogen) atoms. The van der Waals surface area contributed by atoms with Gasteiger partial charge in [-0.2, -0.15) is 8.42 Å². The van der Waals surface area contributed by atoms with E-state index in [1.165, 1.54) is 12.1 Å². The van der Waals surface area contributed by atoms with E-state index in [0.717, 1.165) is 5.56 Å². The van der Waals surface area contributed by atoms with Gasteiger partial charge in [0.2, 0.25) is 0 Å². The maximum atomic E-state index is 12.2. The van der Waals surface area contributed by atoms with Crippen molar-refractivity contribution in [3.05, 3.63) is 90.0 Å². The highest BCUT2D eigenvalue weighted by Gasteiger charge is 2.15. The van der Waals surface area contributed by atoms with Gasteiger partial charge in [-0.3, -0.25) is 4.18 Å². The van der Waals surface area contributed by atoms with Crippen LogP contribution in [0.4, 0.5) is 16.2 Å². The molecule has 144 valence electrons. The van der Waals surface area contributed by atoms with Crippen molar-refractivity contribution in [2.75, 3.05) is 10.6 Å². The van der Waals surface area contributed by atoms with Crippen molar-refractivity contribution >= 4 is 27.5 Å². The Bertz CT molecular complexity index is 1030. The molecule has 0 radical (unpaired) electrons. The van der Waals surface area contributed by atoms with Crippen LogP contribution in [0.15, 0.2) is 83.8 Å². The maximum Gasteiger partial charge on any atom is 0.323 e. The average Bonchev–Trinajstić information content (AvgIpc) is 2.68. The summed E-state index contributed by atoms with van der Waals surface area (Å²) >= 11 is 0. The van der Waals surface area contributed by atoms with Gasteiger partial charge in [0.1, 0.15) is 0 Å². The largest absolute Gasteiger partial charge is 0.323 e. The first-order valence-electron chi connectivity index (χ1n) is 8.60. The average molecular weight is 396 g/mol. The van der Waals surface area contributed by atoms with E-state index in [0.29, 0.717) is 16.9 Å². The third kappa shape index (κ3) is 5.42. The van der Waals surface area contributed by atoms with Gasteiger partial charge in [0.25, 0.3) is 10.1 Å². The molecule has 3 aromatic rings. The summed E-state index contributed by atoms with van der Waals surface area (Å²) in [6, 6.07) is 22.0. The third-order valence-electron chi connectivity index (χ3n) is 3.93. The van der Waals surface area contributed by atoms with Crippen molar-refractivity contribution in [3.8, 4) is 0 Å². The van der Waals surface area contributed by atoms with Crippen LogP contribution in [0, 0.1) is 6.92 Å². The van der Waals surface area contributed by atoms with E-state index in [2.05, 4.69) is 10.6 Å². The molecule has 0 aliphatic heterocycles. The van der Waals surface area contributed by atoms with E-state index in [9.17, 15) is 13.2 Å². The number of hydrogen-bond acceptors (Lipinski definition) is 4. The van der Waals surface area contributed by atoms with Crippen LogP contribution in [0.3, 0.4) is 0 Å². The molecule has 0 aromatic heterocycles. The molecule has 0 bridgehead atoms. The number of amides is 2. The second-order valence-electron chi connectivity index (χ2n) is 6.17. The number of nitrogens with one attached hydrogen (secondary N) is 2. The van der Waals surface area contributed by atoms with Gasteiger partial charge in [0.15, 0.2) is 0 Å². The fraction of sp³-hybridized carbons (Fsp3) is 0.0952. The molecular formula is C21H20N2O4S. The Morgan fingerprint density at radius 2 is 1.39 bits per heavy atom. The van der Waals surface area contributed by atoms with Crippen molar-refractivity contribution in [2.45, 2.75) is 18.4 Å². The van der Waals surface area contributed by atoms with Crippen molar-refractivity contribution in [1.82, 2.24) is 0 Å². The minimum atomic E-state index is -3.82.